The lowest BCUT2D eigenvalue weighted by Crippen LogP contribution is -2.61. The van der Waals surface area contributed by atoms with Crippen molar-refractivity contribution >= 4 is 22.7 Å². The monoisotopic (exact) mass is 540 g/mol. The van der Waals surface area contributed by atoms with Gasteiger partial charge in [0, 0.05) is 56.1 Å². The van der Waals surface area contributed by atoms with Gasteiger partial charge < -0.3 is 19.7 Å². The van der Waals surface area contributed by atoms with Gasteiger partial charge in [0.15, 0.2) is 0 Å². The minimum Gasteiger partial charge on any atom is -0.478 e. The molecule has 0 unspecified atom stereocenters. The zero-order valence-electron chi connectivity index (χ0n) is 23.9. The number of rotatable bonds is 7. The van der Waals surface area contributed by atoms with Gasteiger partial charge in [0.25, 0.3) is 0 Å². The number of fused-ring (bicyclic) bond motifs is 1. The minimum atomic E-state index is -1.00. The molecule has 0 spiro atoms. The highest BCUT2D eigenvalue weighted by Crippen LogP contribution is 2.77. The standard InChI is InChI=1S/C33H40N4O3/c1-31(2)8-6-23(27(16-31)33-19-32(3,20-33)21-33)18-36-10-12-37(13-11-36)24-4-5-26(30(38)39)28(15-24)40-25-14-22-7-9-34-29(22)35-17-25/h4-5,7,9,14-15,17H,6,8,10-13,16,18-21H2,1-3H3,(H,34,35)(H,38,39). The second kappa shape index (κ2) is 9.10. The van der Waals surface area contributed by atoms with Crippen LogP contribution in [0.15, 0.2) is 53.9 Å². The first-order chi connectivity index (χ1) is 19.1. The van der Waals surface area contributed by atoms with Gasteiger partial charge in [0.1, 0.15) is 22.7 Å². The topological polar surface area (TPSA) is 81.7 Å². The third-order valence-electron chi connectivity index (χ3n) is 10.1. The highest BCUT2D eigenvalue weighted by atomic mass is 16.5. The molecule has 2 N–H and O–H groups in total. The fourth-order valence-corrected chi connectivity index (χ4v) is 8.19. The summed E-state index contributed by atoms with van der Waals surface area (Å²) in [5, 5.41) is 10.7. The number of aromatic nitrogens is 2. The number of carboxylic acid groups (broad SMARTS) is 1. The van der Waals surface area contributed by atoms with Crippen molar-refractivity contribution < 1.29 is 14.6 Å². The van der Waals surface area contributed by atoms with Crippen molar-refractivity contribution in [1.29, 1.82) is 0 Å². The summed E-state index contributed by atoms with van der Waals surface area (Å²) < 4.78 is 6.09. The molecule has 4 fully saturated rings. The first-order valence-corrected chi connectivity index (χ1v) is 14.8. The molecule has 7 heteroatoms. The largest absolute Gasteiger partial charge is 0.478 e. The number of aromatic amines is 1. The summed E-state index contributed by atoms with van der Waals surface area (Å²) in [6, 6.07) is 9.23. The van der Waals surface area contributed by atoms with Crippen LogP contribution in [0.4, 0.5) is 5.69 Å². The second-order valence-corrected chi connectivity index (χ2v) is 14.0. The average Bonchev–Trinajstić information content (AvgIpc) is 3.35. The number of pyridine rings is 1. The molecule has 8 rings (SSSR count). The lowest BCUT2D eigenvalue weighted by atomic mass is 9.33. The van der Waals surface area contributed by atoms with Gasteiger partial charge in [-0.15, -0.1) is 0 Å². The SMILES string of the molecule is CC1(C)CCC(CN2CCN(c3ccc(C(=O)O)c(Oc4cnc5[nH]ccc5c4)c3)CC2)=C(C23CC(C)(C2)C3)C1. The van der Waals surface area contributed by atoms with Gasteiger partial charge in [-0.1, -0.05) is 31.9 Å². The number of carbonyl (C=O) groups is 1. The number of H-pyrrole nitrogens is 1. The number of anilines is 1. The van der Waals surface area contributed by atoms with Crippen LogP contribution >= 0.6 is 0 Å². The molecule has 0 atom stereocenters. The number of allylic oxidation sites excluding steroid dienone is 1. The van der Waals surface area contributed by atoms with E-state index in [2.05, 4.69) is 40.5 Å². The number of benzene rings is 1. The van der Waals surface area contributed by atoms with Crippen molar-refractivity contribution in [2.75, 3.05) is 37.6 Å². The molecule has 4 aliphatic carbocycles. The lowest BCUT2D eigenvalue weighted by Gasteiger charge is -2.72. The number of nitrogens with one attached hydrogen (secondary N) is 1. The van der Waals surface area contributed by atoms with Crippen molar-refractivity contribution in [2.24, 2.45) is 16.2 Å². The maximum absolute atomic E-state index is 12.0. The van der Waals surface area contributed by atoms with Crippen molar-refractivity contribution in [3.8, 4) is 11.5 Å². The van der Waals surface area contributed by atoms with Gasteiger partial charge in [0.2, 0.25) is 0 Å². The third kappa shape index (κ3) is 4.48. The Labute approximate surface area is 236 Å². The summed E-state index contributed by atoms with van der Waals surface area (Å²) in [7, 11) is 0. The molecule has 7 nitrogen and oxygen atoms in total. The summed E-state index contributed by atoms with van der Waals surface area (Å²) in [5.74, 6) is -0.135. The van der Waals surface area contributed by atoms with Crippen molar-refractivity contribution in [3.63, 3.8) is 0 Å². The Balaban J connectivity index is 1.05. The van der Waals surface area contributed by atoms with Gasteiger partial charge in [-0.05, 0) is 79.0 Å². The smallest absolute Gasteiger partial charge is 0.339 e. The van der Waals surface area contributed by atoms with Crippen LogP contribution in [0.25, 0.3) is 11.0 Å². The number of ether oxygens (including phenoxy) is 1. The zero-order valence-corrected chi connectivity index (χ0v) is 23.9. The molecule has 2 bridgehead atoms. The van der Waals surface area contributed by atoms with E-state index in [-0.39, 0.29) is 5.56 Å². The molecular formula is C33H40N4O3. The van der Waals surface area contributed by atoms with E-state index in [0.717, 1.165) is 49.4 Å². The molecule has 3 aromatic rings. The van der Waals surface area contributed by atoms with E-state index in [1.165, 1.54) is 38.5 Å². The Morgan fingerprint density at radius 2 is 1.85 bits per heavy atom. The molecule has 1 saturated heterocycles. The van der Waals surface area contributed by atoms with Gasteiger partial charge in [-0.3, -0.25) is 4.90 Å². The van der Waals surface area contributed by atoms with Gasteiger partial charge >= 0.3 is 5.97 Å². The molecular weight excluding hydrogens is 500 g/mol. The molecule has 210 valence electrons. The molecule has 5 aliphatic rings. The number of carboxylic acids is 1. The zero-order chi connectivity index (χ0) is 27.7. The Morgan fingerprint density at radius 1 is 1.07 bits per heavy atom. The fraction of sp³-hybridized carbons (Fsp3) is 0.515. The number of nitrogens with zero attached hydrogens (tertiary/aromatic N) is 3. The summed E-state index contributed by atoms with van der Waals surface area (Å²) in [6.45, 7) is 12.3. The van der Waals surface area contributed by atoms with E-state index in [0.29, 0.717) is 27.7 Å². The van der Waals surface area contributed by atoms with Gasteiger partial charge in [-0.2, -0.15) is 0 Å². The normalized spacial score (nSPS) is 27.8. The van der Waals surface area contributed by atoms with Crippen molar-refractivity contribution in [3.05, 3.63) is 59.4 Å². The van der Waals surface area contributed by atoms with Gasteiger partial charge in [-0.25, -0.2) is 9.78 Å². The third-order valence-corrected chi connectivity index (χ3v) is 10.1. The molecule has 1 aliphatic heterocycles. The van der Waals surface area contributed by atoms with Crippen LogP contribution in [0.1, 0.15) is 69.7 Å². The van der Waals surface area contributed by atoms with Crippen LogP contribution in [0, 0.1) is 16.2 Å². The van der Waals surface area contributed by atoms with Crippen molar-refractivity contribution in [1.82, 2.24) is 14.9 Å². The predicted octanol–water partition coefficient (Wildman–Crippen LogP) is 6.87. The Kier molecular flexibility index (Phi) is 5.83. The van der Waals surface area contributed by atoms with E-state index in [1.54, 1.807) is 17.8 Å². The number of hydrogen-bond donors (Lipinski definition) is 2. The summed E-state index contributed by atoms with van der Waals surface area (Å²) >= 11 is 0. The second-order valence-electron chi connectivity index (χ2n) is 14.0. The molecule has 3 heterocycles. The summed E-state index contributed by atoms with van der Waals surface area (Å²) in [6.07, 6.45) is 11.5. The fourth-order valence-electron chi connectivity index (χ4n) is 8.19. The Morgan fingerprint density at radius 3 is 2.58 bits per heavy atom. The van der Waals surface area contributed by atoms with E-state index < -0.39 is 5.97 Å². The summed E-state index contributed by atoms with van der Waals surface area (Å²) in [4.78, 5) is 24.4. The lowest BCUT2D eigenvalue weighted by molar-refractivity contribution is -0.167. The first-order valence-electron chi connectivity index (χ1n) is 14.8. The Bertz CT molecular complexity index is 1490. The van der Waals surface area contributed by atoms with E-state index in [1.807, 2.05) is 36.0 Å². The highest BCUT2D eigenvalue weighted by Gasteiger charge is 2.66. The molecule has 0 amide bonds. The number of hydrogen-bond acceptors (Lipinski definition) is 5. The van der Waals surface area contributed by atoms with E-state index in [4.69, 9.17) is 4.74 Å². The molecule has 40 heavy (non-hydrogen) atoms. The molecule has 1 aromatic carbocycles. The number of aromatic carboxylic acids is 1. The average molecular weight is 541 g/mol. The van der Waals surface area contributed by atoms with Gasteiger partial charge in [0.05, 0.1) is 6.20 Å². The quantitative estimate of drug-likeness (QED) is 0.318. The van der Waals surface area contributed by atoms with Crippen LogP contribution < -0.4 is 9.64 Å². The maximum Gasteiger partial charge on any atom is 0.339 e. The number of piperazine rings is 1. The highest BCUT2D eigenvalue weighted by molar-refractivity contribution is 5.92. The van der Waals surface area contributed by atoms with Crippen LogP contribution in [0.2, 0.25) is 0 Å². The predicted molar refractivity (Wildman–Crippen MR) is 157 cm³/mol. The van der Waals surface area contributed by atoms with Crippen LogP contribution in [-0.2, 0) is 0 Å². The molecule has 3 saturated carbocycles. The minimum absolute atomic E-state index is 0.152. The maximum atomic E-state index is 12.0. The van der Waals surface area contributed by atoms with E-state index >= 15 is 0 Å². The first kappa shape index (κ1) is 25.6. The van der Waals surface area contributed by atoms with Crippen LogP contribution in [-0.4, -0.2) is 58.7 Å². The van der Waals surface area contributed by atoms with Crippen LogP contribution in [0.3, 0.4) is 0 Å². The molecule has 0 radical (unpaired) electrons. The van der Waals surface area contributed by atoms with E-state index in [9.17, 15) is 9.90 Å². The summed E-state index contributed by atoms with van der Waals surface area (Å²) in [5.41, 5.74) is 7.09. The van der Waals surface area contributed by atoms with Crippen LogP contribution in [0.5, 0.6) is 11.5 Å². The molecule has 2 aromatic heterocycles. The Hall–Kier alpha value is -3.32. The van der Waals surface area contributed by atoms with Crippen molar-refractivity contribution in [2.45, 2.75) is 59.3 Å².